The number of benzene rings is 1. The highest BCUT2D eigenvalue weighted by molar-refractivity contribution is 5.96. The second-order valence-corrected chi connectivity index (χ2v) is 6.44. The molecule has 0 bridgehead atoms. The summed E-state index contributed by atoms with van der Waals surface area (Å²) in [5, 5.41) is 8.91. The largest absolute Gasteiger partial charge is 0.328 e. The molecule has 1 aliphatic carbocycles. The zero-order chi connectivity index (χ0) is 16.4. The van der Waals surface area contributed by atoms with Gasteiger partial charge in [-0.2, -0.15) is 0 Å². The number of carbonyl (C=O) groups excluding carboxylic acids is 2. The summed E-state index contributed by atoms with van der Waals surface area (Å²) in [7, 11) is 0. The first-order valence-corrected chi connectivity index (χ1v) is 8.27. The van der Waals surface area contributed by atoms with E-state index in [0.717, 1.165) is 31.2 Å². The van der Waals surface area contributed by atoms with Gasteiger partial charge in [-0.3, -0.25) is 5.32 Å². The molecule has 1 saturated heterocycles. The van der Waals surface area contributed by atoms with Gasteiger partial charge in [0.05, 0.1) is 0 Å². The molecular formula is C17H24N4O2. The van der Waals surface area contributed by atoms with E-state index in [2.05, 4.69) is 22.0 Å². The number of hydrogen-bond acceptors (Lipinski definition) is 3. The van der Waals surface area contributed by atoms with Crippen LogP contribution in [0.4, 0.5) is 9.59 Å². The van der Waals surface area contributed by atoms with Crippen LogP contribution in [0.1, 0.15) is 49.8 Å². The summed E-state index contributed by atoms with van der Waals surface area (Å²) in [4.78, 5) is 25.9. The van der Waals surface area contributed by atoms with Gasteiger partial charge in [0.15, 0.2) is 6.29 Å². The molecule has 2 fully saturated rings. The van der Waals surface area contributed by atoms with Gasteiger partial charge in [0, 0.05) is 12.1 Å². The highest BCUT2D eigenvalue weighted by Gasteiger charge is 2.37. The molecule has 1 saturated carbocycles. The predicted octanol–water partition coefficient (Wildman–Crippen LogP) is 2.61. The van der Waals surface area contributed by atoms with E-state index in [-0.39, 0.29) is 24.1 Å². The van der Waals surface area contributed by atoms with Crippen molar-refractivity contribution in [2.45, 2.75) is 57.9 Å². The molecule has 0 unspecified atom stereocenters. The summed E-state index contributed by atoms with van der Waals surface area (Å²) in [5.41, 5.74) is 2.30. The Bertz CT molecular complexity index is 580. The summed E-state index contributed by atoms with van der Waals surface area (Å²) in [5.74, 6) is 0. The maximum Gasteiger partial charge on any atom is 0.328 e. The quantitative estimate of drug-likeness (QED) is 0.799. The number of aryl methyl sites for hydroxylation is 1. The van der Waals surface area contributed by atoms with Crippen LogP contribution in [0.25, 0.3) is 0 Å². The van der Waals surface area contributed by atoms with Crippen molar-refractivity contribution in [1.82, 2.24) is 20.9 Å². The number of imide groups is 1. The van der Waals surface area contributed by atoms with Crippen LogP contribution in [0.3, 0.4) is 0 Å². The molecule has 3 rings (SSSR count). The first-order chi connectivity index (χ1) is 11.0. The molecule has 1 aromatic carbocycles. The first-order valence-electron chi connectivity index (χ1n) is 8.27. The van der Waals surface area contributed by atoms with Gasteiger partial charge >= 0.3 is 12.1 Å². The average molecular weight is 316 g/mol. The highest BCUT2D eigenvalue weighted by atomic mass is 16.2. The molecular weight excluding hydrogens is 292 g/mol. The van der Waals surface area contributed by atoms with Gasteiger partial charge in [-0.1, -0.05) is 42.7 Å². The topological polar surface area (TPSA) is 73.5 Å². The Labute approximate surface area is 136 Å². The summed E-state index contributed by atoms with van der Waals surface area (Å²) >= 11 is 0. The molecule has 4 amide bonds. The van der Waals surface area contributed by atoms with Crippen LogP contribution in [0.5, 0.6) is 0 Å². The van der Waals surface area contributed by atoms with E-state index in [1.807, 2.05) is 32.0 Å². The molecule has 2 aliphatic rings. The Morgan fingerprint density at radius 1 is 1.17 bits per heavy atom. The molecule has 1 heterocycles. The summed E-state index contributed by atoms with van der Waals surface area (Å²) in [6, 6.07) is 7.59. The lowest BCUT2D eigenvalue weighted by Crippen LogP contribution is -2.69. The Morgan fingerprint density at radius 2 is 1.83 bits per heavy atom. The normalized spacial score (nSPS) is 21.2. The van der Waals surface area contributed by atoms with Crippen LogP contribution in [0.2, 0.25) is 0 Å². The van der Waals surface area contributed by atoms with Crippen LogP contribution >= 0.6 is 0 Å². The molecule has 0 radical (unpaired) electrons. The van der Waals surface area contributed by atoms with E-state index in [1.165, 1.54) is 10.5 Å². The van der Waals surface area contributed by atoms with Gasteiger partial charge in [-0.15, -0.1) is 0 Å². The molecule has 23 heavy (non-hydrogen) atoms. The maximum absolute atomic E-state index is 12.3. The van der Waals surface area contributed by atoms with E-state index in [9.17, 15) is 9.59 Å². The summed E-state index contributed by atoms with van der Waals surface area (Å²) in [6.45, 7) is 4.05. The lowest BCUT2D eigenvalue weighted by Gasteiger charge is -2.37. The number of rotatable bonds is 4. The van der Waals surface area contributed by atoms with Crippen LogP contribution < -0.4 is 16.0 Å². The fraction of sp³-hybridized carbons (Fsp3) is 0.529. The molecule has 6 heteroatoms. The number of hydrogen-bond donors (Lipinski definition) is 3. The Kier molecular flexibility index (Phi) is 4.52. The van der Waals surface area contributed by atoms with Crippen molar-refractivity contribution in [3.8, 4) is 0 Å². The van der Waals surface area contributed by atoms with Gasteiger partial charge in [0.1, 0.15) is 0 Å². The molecule has 1 aliphatic heterocycles. The Hall–Kier alpha value is -2.08. The van der Waals surface area contributed by atoms with E-state index >= 15 is 0 Å². The standard InChI is InChI=1S/C17H24N4O2/c1-11-6-5-7-13(10-11)12(2)18-15-19-16(22)21(17(23)20-15)14-8-3-4-9-14/h5-7,10,12,14-15,18H,3-4,8-9H2,1-2H3,(H,19,22)(H,20,23)/t12-/m0/s1. The SMILES string of the molecule is Cc1cccc([C@H](C)NC2NC(=O)N(C3CCCC3)C(=O)N2)c1. The minimum atomic E-state index is -0.553. The molecule has 1 aromatic rings. The number of carbonyl (C=O) groups is 2. The van der Waals surface area contributed by atoms with Crippen molar-refractivity contribution < 1.29 is 9.59 Å². The number of nitrogens with zero attached hydrogens (tertiary/aromatic N) is 1. The van der Waals surface area contributed by atoms with Crippen LogP contribution in [-0.2, 0) is 0 Å². The van der Waals surface area contributed by atoms with Crippen molar-refractivity contribution in [2.24, 2.45) is 0 Å². The molecule has 124 valence electrons. The monoisotopic (exact) mass is 316 g/mol. The van der Waals surface area contributed by atoms with E-state index in [4.69, 9.17) is 0 Å². The number of nitrogens with one attached hydrogen (secondary N) is 3. The predicted molar refractivity (Wildman–Crippen MR) is 87.7 cm³/mol. The molecule has 0 spiro atoms. The van der Waals surface area contributed by atoms with Crippen molar-refractivity contribution in [1.29, 1.82) is 0 Å². The zero-order valence-corrected chi connectivity index (χ0v) is 13.6. The first kappa shape index (κ1) is 15.8. The van der Waals surface area contributed by atoms with E-state index < -0.39 is 6.29 Å². The van der Waals surface area contributed by atoms with Crippen molar-refractivity contribution in [2.75, 3.05) is 0 Å². The molecule has 6 nitrogen and oxygen atoms in total. The smallest absolute Gasteiger partial charge is 0.304 e. The molecule has 3 N–H and O–H groups in total. The van der Waals surface area contributed by atoms with Gasteiger partial charge in [0.25, 0.3) is 0 Å². The summed E-state index contributed by atoms with van der Waals surface area (Å²) in [6.07, 6.45) is 3.40. The highest BCUT2D eigenvalue weighted by Crippen LogP contribution is 2.24. The number of urea groups is 2. The molecule has 1 atom stereocenters. The van der Waals surface area contributed by atoms with Gasteiger partial charge < -0.3 is 10.6 Å². The van der Waals surface area contributed by atoms with Crippen molar-refractivity contribution >= 4 is 12.1 Å². The maximum atomic E-state index is 12.3. The minimum absolute atomic E-state index is 0.0125. The third-order valence-electron chi connectivity index (χ3n) is 4.62. The average Bonchev–Trinajstić information content (AvgIpc) is 3.00. The molecule has 0 aromatic heterocycles. The summed E-state index contributed by atoms with van der Waals surface area (Å²) < 4.78 is 0. The third-order valence-corrected chi connectivity index (χ3v) is 4.62. The minimum Gasteiger partial charge on any atom is -0.304 e. The van der Waals surface area contributed by atoms with Gasteiger partial charge in [-0.05, 0) is 32.3 Å². The fourth-order valence-corrected chi connectivity index (χ4v) is 3.38. The van der Waals surface area contributed by atoms with Crippen LogP contribution in [0, 0.1) is 6.92 Å². The lowest BCUT2D eigenvalue weighted by molar-refractivity contribution is 0.141. The lowest BCUT2D eigenvalue weighted by atomic mass is 10.1. The van der Waals surface area contributed by atoms with Crippen molar-refractivity contribution in [3.63, 3.8) is 0 Å². The Balaban J connectivity index is 1.62. The van der Waals surface area contributed by atoms with Gasteiger partial charge in [-0.25, -0.2) is 14.5 Å². The number of amides is 4. The zero-order valence-electron chi connectivity index (χ0n) is 13.6. The second-order valence-electron chi connectivity index (χ2n) is 6.44. The van der Waals surface area contributed by atoms with E-state index in [0.29, 0.717) is 0 Å². The van der Waals surface area contributed by atoms with Crippen molar-refractivity contribution in [3.05, 3.63) is 35.4 Å². The fourth-order valence-electron chi connectivity index (χ4n) is 3.38. The third kappa shape index (κ3) is 3.47. The second kappa shape index (κ2) is 6.58. The van der Waals surface area contributed by atoms with Gasteiger partial charge in [0.2, 0.25) is 0 Å². The Morgan fingerprint density at radius 3 is 2.43 bits per heavy atom. The van der Waals surface area contributed by atoms with E-state index in [1.54, 1.807) is 0 Å². The van der Waals surface area contributed by atoms with Crippen LogP contribution in [-0.4, -0.2) is 29.3 Å². The van der Waals surface area contributed by atoms with Crippen LogP contribution in [0.15, 0.2) is 24.3 Å².